The largest absolute Gasteiger partial charge is 0.386 e. The average molecular weight is 510 g/mol. The van der Waals surface area contributed by atoms with E-state index in [0.29, 0.717) is 49.0 Å². The number of aliphatic hydroxyl groups is 1. The Morgan fingerprint density at radius 2 is 1.94 bits per heavy atom. The van der Waals surface area contributed by atoms with Crippen LogP contribution < -0.4 is 10.2 Å². The van der Waals surface area contributed by atoms with Crippen molar-refractivity contribution in [1.82, 2.24) is 33.9 Å². The number of anilines is 3. The van der Waals surface area contributed by atoms with Crippen LogP contribution in [0.3, 0.4) is 0 Å². The summed E-state index contributed by atoms with van der Waals surface area (Å²) >= 11 is 0. The minimum absolute atomic E-state index is 0.132. The molecule has 1 saturated heterocycles. The second-order valence-electron chi connectivity index (χ2n) is 10.0. The van der Waals surface area contributed by atoms with Crippen LogP contribution in [0.1, 0.15) is 39.7 Å². The molecule has 12 nitrogen and oxygen atoms in total. The average Bonchev–Trinajstić information content (AvgIpc) is 3.44. The molecule has 2 fully saturated rings. The summed E-state index contributed by atoms with van der Waals surface area (Å²) < 4.78 is 27.9. The summed E-state index contributed by atoms with van der Waals surface area (Å²) in [4.78, 5) is 15.4. The van der Waals surface area contributed by atoms with Crippen LogP contribution in [0.5, 0.6) is 0 Å². The maximum atomic E-state index is 12.4. The van der Waals surface area contributed by atoms with Gasteiger partial charge in [0.25, 0.3) is 10.0 Å². The van der Waals surface area contributed by atoms with Crippen LogP contribution in [0.25, 0.3) is 22.3 Å². The number of fused-ring (bicyclic) bond motifs is 1. The van der Waals surface area contributed by atoms with Gasteiger partial charge in [-0.2, -0.15) is 14.3 Å². The molecule has 1 aliphatic carbocycles. The zero-order valence-corrected chi connectivity index (χ0v) is 21.0. The van der Waals surface area contributed by atoms with Crippen LogP contribution in [-0.4, -0.2) is 71.4 Å². The highest BCUT2D eigenvalue weighted by Crippen LogP contribution is 2.35. The number of aromatic nitrogens is 7. The molecule has 0 radical (unpaired) electrons. The van der Waals surface area contributed by atoms with Gasteiger partial charge in [-0.05, 0) is 39.7 Å². The Kier molecular flexibility index (Phi) is 5.06. The van der Waals surface area contributed by atoms with Crippen LogP contribution in [0.15, 0.2) is 36.9 Å². The normalized spacial score (nSPS) is 17.5. The van der Waals surface area contributed by atoms with Crippen molar-refractivity contribution in [2.45, 2.75) is 50.5 Å². The summed E-state index contributed by atoms with van der Waals surface area (Å²) in [6.07, 6.45) is 7.62. The minimum atomic E-state index is -3.45. The number of hydrogen-bond donors (Lipinski definition) is 2. The van der Waals surface area contributed by atoms with Crippen LogP contribution in [0.4, 0.5) is 17.5 Å². The molecule has 2 aliphatic rings. The van der Waals surface area contributed by atoms with Gasteiger partial charge >= 0.3 is 0 Å². The lowest BCUT2D eigenvalue weighted by molar-refractivity contribution is 0.0306. The number of nitrogens with one attached hydrogen (secondary N) is 1. The van der Waals surface area contributed by atoms with E-state index in [1.165, 1.54) is 12.4 Å². The highest BCUT2D eigenvalue weighted by atomic mass is 32.2. The fraction of sp³-hybridized carbons (Fsp3) is 0.435. The molecule has 0 spiro atoms. The van der Waals surface area contributed by atoms with Gasteiger partial charge < -0.3 is 15.3 Å². The smallest absolute Gasteiger partial charge is 0.256 e. The Morgan fingerprint density at radius 1 is 1.17 bits per heavy atom. The van der Waals surface area contributed by atoms with Gasteiger partial charge in [0.2, 0.25) is 0 Å². The molecule has 0 atom stereocenters. The Bertz CT molecular complexity index is 1560. The maximum Gasteiger partial charge on any atom is 0.256 e. The second kappa shape index (κ2) is 7.96. The summed E-state index contributed by atoms with van der Waals surface area (Å²) in [5, 5.41) is 22.8. The van der Waals surface area contributed by atoms with E-state index in [-0.39, 0.29) is 11.3 Å². The highest BCUT2D eigenvalue weighted by Gasteiger charge is 2.39. The monoisotopic (exact) mass is 509 g/mol. The molecule has 0 amide bonds. The molecule has 4 aromatic heterocycles. The number of hydrogen-bond acceptors (Lipinski definition) is 10. The first kappa shape index (κ1) is 22.9. The van der Waals surface area contributed by atoms with Crippen LogP contribution in [0.2, 0.25) is 0 Å². The number of nitrogens with zero attached hydrogens (tertiary/aromatic N) is 8. The molecule has 4 aromatic rings. The van der Waals surface area contributed by atoms with Crippen molar-refractivity contribution in [3.05, 3.63) is 36.9 Å². The highest BCUT2D eigenvalue weighted by molar-refractivity contribution is 7.90. The molecule has 188 valence electrons. The first-order chi connectivity index (χ1) is 17.1. The molecule has 5 heterocycles. The van der Waals surface area contributed by atoms with Crippen molar-refractivity contribution < 1.29 is 13.5 Å². The van der Waals surface area contributed by atoms with Crippen molar-refractivity contribution >= 4 is 38.4 Å². The van der Waals surface area contributed by atoms with Crippen molar-refractivity contribution in [2.24, 2.45) is 0 Å². The van der Waals surface area contributed by atoms with Gasteiger partial charge in [-0.3, -0.25) is 4.68 Å². The summed E-state index contributed by atoms with van der Waals surface area (Å²) in [5.74, 6) is 2.27. The molecule has 0 unspecified atom stereocenters. The van der Waals surface area contributed by atoms with Crippen molar-refractivity contribution in [1.29, 1.82) is 0 Å². The van der Waals surface area contributed by atoms with Crippen LogP contribution in [-0.2, 0) is 10.0 Å². The molecule has 2 N–H and O–H groups in total. The summed E-state index contributed by atoms with van der Waals surface area (Å²) in [6, 6.07) is 3.77. The van der Waals surface area contributed by atoms with E-state index < -0.39 is 15.6 Å². The van der Waals surface area contributed by atoms with E-state index in [9.17, 15) is 13.5 Å². The van der Waals surface area contributed by atoms with E-state index >= 15 is 0 Å². The molecule has 1 aliphatic heterocycles. The third-order valence-electron chi connectivity index (χ3n) is 6.36. The lowest BCUT2D eigenvalue weighted by Gasteiger charge is -2.44. The van der Waals surface area contributed by atoms with Crippen LogP contribution >= 0.6 is 0 Å². The first-order valence-corrected chi connectivity index (χ1v) is 13.4. The van der Waals surface area contributed by atoms with E-state index in [0.717, 1.165) is 20.8 Å². The van der Waals surface area contributed by atoms with Crippen molar-refractivity contribution in [2.75, 3.05) is 23.3 Å². The molecule has 0 bridgehead atoms. The van der Waals surface area contributed by atoms with Gasteiger partial charge in [0, 0.05) is 37.6 Å². The molecule has 13 heteroatoms. The zero-order valence-electron chi connectivity index (χ0n) is 20.2. The Labute approximate surface area is 208 Å². The Morgan fingerprint density at radius 3 is 2.64 bits per heavy atom. The van der Waals surface area contributed by atoms with E-state index in [2.05, 4.69) is 44.1 Å². The molecule has 6 rings (SSSR count). The second-order valence-corrected chi connectivity index (χ2v) is 12.1. The maximum absolute atomic E-state index is 12.4. The molecule has 36 heavy (non-hydrogen) atoms. The first-order valence-electron chi connectivity index (χ1n) is 11.9. The van der Waals surface area contributed by atoms with Crippen molar-refractivity contribution in [3.8, 4) is 11.4 Å². The molecular formula is C23H27N9O3S. The lowest BCUT2D eigenvalue weighted by atomic mass is 9.97. The number of β-amino-alcohol motifs (C(OH)–C–C–N with tert-alkyl or cyclic N) is 1. The van der Waals surface area contributed by atoms with E-state index in [1.54, 1.807) is 18.5 Å². The van der Waals surface area contributed by atoms with Gasteiger partial charge in [-0.25, -0.2) is 23.4 Å². The number of rotatable bonds is 7. The third kappa shape index (κ3) is 3.97. The van der Waals surface area contributed by atoms with Gasteiger partial charge in [-0.15, -0.1) is 0 Å². The van der Waals surface area contributed by atoms with Gasteiger partial charge in [0.05, 0.1) is 39.7 Å². The fourth-order valence-corrected chi connectivity index (χ4v) is 5.89. The third-order valence-corrected chi connectivity index (χ3v) is 8.40. The SMILES string of the molecule is CC(C)n1nc(N2CC(C)(O)C2)c2cnc(Nc3ccnc(-c4cnn(S(=O)(=O)C5CC5)c4)n3)cc21. The lowest BCUT2D eigenvalue weighted by Crippen LogP contribution is -2.60. The Balaban J connectivity index is 1.28. The van der Waals surface area contributed by atoms with Gasteiger partial charge in [0.15, 0.2) is 11.6 Å². The van der Waals surface area contributed by atoms with Crippen LogP contribution in [0, 0.1) is 0 Å². The molecule has 0 aromatic carbocycles. The fourth-order valence-electron chi connectivity index (χ4n) is 4.41. The quantitative estimate of drug-likeness (QED) is 0.381. The van der Waals surface area contributed by atoms with Gasteiger partial charge in [0.1, 0.15) is 11.6 Å². The molecule has 1 saturated carbocycles. The summed E-state index contributed by atoms with van der Waals surface area (Å²) in [5.41, 5.74) is 0.732. The predicted octanol–water partition coefficient (Wildman–Crippen LogP) is 2.32. The zero-order chi connectivity index (χ0) is 25.2. The topological polar surface area (TPSA) is 144 Å². The minimum Gasteiger partial charge on any atom is -0.386 e. The standard InChI is InChI=1S/C23H27N9O3S/c1-14(2)32-18-8-20(25-10-17(18)22(29-32)30-12-23(3,33)13-30)27-19-6-7-24-21(28-19)15-9-26-31(11-15)36(34,35)16-4-5-16/h6-11,14,16,33H,4-5,12-13H2,1-3H3,(H,24,25,27,28). The van der Waals surface area contributed by atoms with Gasteiger partial charge in [-0.1, -0.05) is 0 Å². The number of pyridine rings is 1. The van der Waals surface area contributed by atoms with E-state index in [4.69, 9.17) is 5.10 Å². The summed E-state index contributed by atoms with van der Waals surface area (Å²) in [7, 11) is -3.45. The molecular weight excluding hydrogens is 482 g/mol. The Hall–Kier alpha value is -3.58. The van der Waals surface area contributed by atoms with E-state index in [1.807, 2.05) is 17.7 Å². The van der Waals surface area contributed by atoms with Crippen molar-refractivity contribution in [3.63, 3.8) is 0 Å². The predicted molar refractivity (Wildman–Crippen MR) is 135 cm³/mol. The summed E-state index contributed by atoms with van der Waals surface area (Å²) in [6.45, 7) is 7.00.